The number of pyridine rings is 1. The molecule has 0 aliphatic carbocycles. The molecule has 94 valence electrons. The fraction of sp³-hybridized carbons (Fsp3) is 0.643. The van der Waals surface area contributed by atoms with Gasteiger partial charge in [0.05, 0.1) is 5.60 Å². The number of aliphatic hydroxyl groups is 1. The zero-order chi connectivity index (χ0) is 12.3. The molecule has 1 aromatic rings. The third-order valence-electron chi connectivity index (χ3n) is 3.76. The monoisotopic (exact) mass is 235 g/mol. The average molecular weight is 235 g/mol. The molecule has 1 N–H and O–H groups in total. The smallest absolute Gasteiger partial charge is 0.0955 e. The molecule has 0 spiro atoms. The van der Waals surface area contributed by atoms with Crippen molar-refractivity contribution in [2.75, 3.05) is 13.2 Å². The molecule has 1 unspecified atom stereocenters. The van der Waals surface area contributed by atoms with Crippen molar-refractivity contribution in [2.24, 2.45) is 0 Å². The Labute approximate surface area is 103 Å². The van der Waals surface area contributed by atoms with Crippen LogP contribution in [0.25, 0.3) is 0 Å². The second-order valence-electron chi connectivity index (χ2n) is 4.92. The molecule has 17 heavy (non-hydrogen) atoms. The SMILES string of the molecule is CCC(C)c1ccc(C2(O)CCOCC2)cn1. The topological polar surface area (TPSA) is 42.4 Å². The zero-order valence-electron chi connectivity index (χ0n) is 10.6. The minimum absolute atomic E-state index is 0.480. The van der Waals surface area contributed by atoms with Crippen molar-refractivity contribution in [3.8, 4) is 0 Å². The van der Waals surface area contributed by atoms with Gasteiger partial charge < -0.3 is 9.84 Å². The maximum atomic E-state index is 10.5. The van der Waals surface area contributed by atoms with E-state index in [2.05, 4.69) is 18.8 Å². The molecule has 0 amide bonds. The molecule has 3 nitrogen and oxygen atoms in total. The van der Waals surface area contributed by atoms with Gasteiger partial charge in [-0.05, 0) is 18.4 Å². The summed E-state index contributed by atoms with van der Waals surface area (Å²) in [6, 6.07) is 4.05. The van der Waals surface area contributed by atoms with Crippen molar-refractivity contribution >= 4 is 0 Å². The van der Waals surface area contributed by atoms with Gasteiger partial charge in [0.25, 0.3) is 0 Å². The molecule has 1 saturated heterocycles. The van der Waals surface area contributed by atoms with Gasteiger partial charge in [0.15, 0.2) is 0 Å². The van der Waals surface area contributed by atoms with E-state index in [0.29, 0.717) is 32.0 Å². The summed E-state index contributed by atoms with van der Waals surface area (Å²) in [5.74, 6) is 0.480. The Balaban J connectivity index is 2.16. The lowest BCUT2D eigenvalue weighted by molar-refractivity contribution is -0.0681. The Morgan fingerprint density at radius 1 is 1.41 bits per heavy atom. The quantitative estimate of drug-likeness (QED) is 0.875. The molecule has 0 radical (unpaired) electrons. The third kappa shape index (κ3) is 2.67. The van der Waals surface area contributed by atoms with E-state index in [0.717, 1.165) is 17.7 Å². The van der Waals surface area contributed by atoms with E-state index in [1.54, 1.807) is 0 Å². The number of rotatable bonds is 3. The minimum atomic E-state index is -0.737. The first-order valence-corrected chi connectivity index (χ1v) is 6.42. The van der Waals surface area contributed by atoms with Gasteiger partial charge in [-0.15, -0.1) is 0 Å². The molecular weight excluding hydrogens is 214 g/mol. The lowest BCUT2D eigenvalue weighted by Gasteiger charge is -2.32. The highest BCUT2D eigenvalue weighted by molar-refractivity contribution is 5.22. The number of nitrogens with zero attached hydrogens (tertiary/aromatic N) is 1. The highest BCUT2D eigenvalue weighted by Gasteiger charge is 2.31. The van der Waals surface area contributed by atoms with Crippen molar-refractivity contribution < 1.29 is 9.84 Å². The Kier molecular flexibility index (Phi) is 3.79. The van der Waals surface area contributed by atoms with E-state index in [4.69, 9.17) is 4.74 Å². The lowest BCUT2D eigenvalue weighted by atomic mass is 9.87. The van der Waals surface area contributed by atoms with E-state index in [9.17, 15) is 5.11 Å². The van der Waals surface area contributed by atoms with Crippen molar-refractivity contribution in [1.29, 1.82) is 0 Å². The maximum absolute atomic E-state index is 10.5. The number of aromatic nitrogens is 1. The Hall–Kier alpha value is -0.930. The van der Waals surface area contributed by atoms with Gasteiger partial charge in [-0.2, -0.15) is 0 Å². The highest BCUT2D eigenvalue weighted by atomic mass is 16.5. The number of hydrogen-bond acceptors (Lipinski definition) is 3. The van der Waals surface area contributed by atoms with Crippen LogP contribution >= 0.6 is 0 Å². The molecule has 1 aromatic heterocycles. The molecule has 2 rings (SSSR count). The summed E-state index contributed by atoms with van der Waals surface area (Å²) in [6.07, 6.45) is 4.24. The van der Waals surface area contributed by atoms with Crippen LogP contribution in [-0.2, 0) is 10.3 Å². The first kappa shape index (κ1) is 12.5. The standard InChI is InChI=1S/C14H21NO2/c1-3-11(2)13-5-4-12(10-15-13)14(16)6-8-17-9-7-14/h4-5,10-11,16H,3,6-9H2,1-2H3. The second kappa shape index (κ2) is 5.15. The van der Waals surface area contributed by atoms with Gasteiger partial charge in [0, 0.05) is 43.5 Å². The van der Waals surface area contributed by atoms with Crippen molar-refractivity contribution in [3.63, 3.8) is 0 Å². The minimum Gasteiger partial charge on any atom is -0.385 e. The van der Waals surface area contributed by atoms with E-state index >= 15 is 0 Å². The molecule has 0 saturated carbocycles. The second-order valence-corrected chi connectivity index (χ2v) is 4.92. The lowest BCUT2D eigenvalue weighted by Crippen LogP contribution is -2.33. The van der Waals surface area contributed by atoms with Crippen molar-refractivity contribution in [3.05, 3.63) is 29.6 Å². The first-order valence-electron chi connectivity index (χ1n) is 6.42. The van der Waals surface area contributed by atoms with Crippen molar-refractivity contribution in [2.45, 2.75) is 44.6 Å². The average Bonchev–Trinajstić information content (AvgIpc) is 2.39. The molecule has 0 aromatic carbocycles. The molecular formula is C14H21NO2. The van der Waals surface area contributed by atoms with E-state index in [1.165, 1.54) is 0 Å². The number of hydrogen-bond donors (Lipinski definition) is 1. The summed E-state index contributed by atoms with van der Waals surface area (Å²) in [6.45, 7) is 5.59. The maximum Gasteiger partial charge on any atom is 0.0955 e. The Morgan fingerprint density at radius 2 is 2.12 bits per heavy atom. The van der Waals surface area contributed by atoms with Crippen LogP contribution in [0.4, 0.5) is 0 Å². The van der Waals surface area contributed by atoms with Crippen LogP contribution in [0, 0.1) is 0 Å². The normalized spacial score (nSPS) is 21.1. The van der Waals surface area contributed by atoms with Crippen LogP contribution in [0.1, 0.15) is 50.3 Å². The number of ether oxygens (including phenoxy) is 1. The summed E-state index contributed by atoms with van der Waals surface area (Å²) < 4.78 is 5.29. The summed E-state index contributed by atoms with van der Waals surface area (Å²) in [7, 11) is 0. The molecule has 1 fully saturated rings. The summed E-state index contributed by atoms with van der Waals surface area (Å²) in [5, 5.41) is 10.5. The van der Waals surface area contributed by atoms with Crippen molar-refractivity contribution in [1.82, 2.24) is 4.98 Å². The predicted molar refractivity (Wildman–Crippen MR) is 66.9 cm³/mol. The molecule has 1 atom stereocenters. The predicted octanol–water partition coefficient (Wildman–Crippen LogP) is 2.59. The first-order chi connectivity index (χ1) is 8.15. The molecule has 3 heteroatoms. The fourth-order valence-corrected chi connectivity index (χ4v) is 2.18. The Bertz CT molecular complexity index is 355. The largest absolute Gasteiger partial charge is 0.385 e. The van der Waals surface area contributed by atoms with Gasteiger partial charge in [-0.1, -0.05) is 19.9 Å². The van der Waals surface area contributed by atoms with Crippen LogP contribution in [0.15, 0.2) is 18.3 Å². The van der Waals surface area contributed by atoms with Crippen LogP contribution < -0.4 is 0 Å². The molecule has 1 aliphatic rings. The van der Waals surface area contributed by atoms with Gasteiger partial charge in [-0.25, -0.2) is 0 Å². The fourth-order valence-electron chi connectivity index (χ4n) is 2.18. The van der Waals surface area contributed by atoms with Crippen LogP contribution in [-0.4, -0.2) is 23.3 Å². The third-order valence-corrected chi connectivity index (χ3v) is 3.76. The van der Waals surface area contributed by atoms with Gasteiger partial charge in [-0.3, -0.25) is 4.98 Å². The van der Waals surface area contributed by atoms with E-state index < -0.39 is 5.60 Å². The van der Waals surface area contributed by atoms with Crippen LogP contribution in [0.2, 0.25) is 0 Å². The summed E-state index contributed by atoms with van der Waals surface area (Å²) >= 11 is 0. The highest BCUT2D eigenvalue weighted by Crippen LogP contribution is 2.31. The van der Waals surface area contributed by atoms with Crippen LogP contribution in [0.5, 0.6) is 0 Å². The summed E-state index contributed by atoms with van der Waals surface area (Å²) in [5.41, 5.74) is 1.29. The van der Waals surface area contributed by atoms with Gasteiger partial charge in [0.1, 0.15) is 0 Å². The van der Waals surface area contributed by atoms with Gasteiger partial charge >= 0.3 is 0 Å². The molecule has 1 aliphatic heterocycles. The van der Waals surface area contributed by atoms with E-state index in [-0.39, 0.29) is 0 Å². The molecule has 2 heterocycles. The molecule has 0 bridgehead atoms. The summed E-state index contributed by atoms with van der Waals surface area (Å²) in [4.78, 5) is 4.47. The Morgan fingerprint density at radius 3 is 2.65 bits per heavy atom. The van der Waals surface area contributed by atoms with Gasteiger partial charge in [0.2, 0.25) is 0 Å². The van der Waals surface area contributed by atoms with Crippen LogP contribution in [0.3, 0.4) is 0 Å². The van der Waals surface area contributed by atoms with E-state index in [1.807, 2.05) is 18.3 Å². The zero-order valence-corrected chi connectivity index (χ0v) is 10.6.